The fourth-order valence-electron chi connectivity index (χ4n) is 2.43. The molecule has 0 amide bonds. The summed E-state index contributed by atoms with van der Waals surface area (Å²) in [6.07, 6.45) is 3.57. The lowest BCUT2D eigenvalue weighted by Crippen LogP contribution is -2.50. The summed E-state index contributed by atoms with van der Waals surface area (Å²) in [6, 6.07) is 3.10. The highest BCUT2D eigenvalue weighted by atomic mass is 35.5. The van der Waals surface area contributed by atoms with Crippen molar-refractivity contribution < 1.29 is 9.53 Å². The highest BCUT2D eigenvalue weighted by Crippen LogP contribution is 2.36. The fraction of sp³-hybridized carbons (Fsp3) is 0.357. The SMILES string of the molecule is CCN1CC(OC(=O)c2ccncc2)[N+]([O-])(c2ncc(Cl)s2)C1. The van der Waals surface area contributed by atoms with Gasteiger partial charge in [-0.15, -0.1) is 0 Å². The van der Waals surface area contributed by atoms with E-state index in [9.17, 15) is 10.0 Å². The molecule has 3 heterocycles. The summed E-state index contributed by atoms with van der Waals surface area (Å²) < 4.78 is 5.09. The van der Waals surface area contributed by atoms with Crippen LogP contribution < -0.4 is 4.65 Å². The molecular formula is C14H15ClN4O3S. The summed E-state index contributed by atoms with van der Waals surface area (Å²) in [7, 11) is 0. The number of aromatic nitrogens is 2. The first-order valence-electron chi connectivity index (χ1n) is 7.07. The Kier molecular flexibility index (Phi) is 4.60. The van der Waals surface area contributed by atoms with Gasteiger partial charge in [-0.3, -0.25) is 9.63 Å². The second kappa shape index (κ2) is 6.50. The van der Waals surface area contributed by atoms with Gasteiger partial charge in [-0.25, -0.2) is 9.69 Å². The molecule has 0 saturated carbocycles. The Morgan fingerprint density at radius 1 is 1.57 bits per heavy atom. The lowest BCUT2D eigenvalue weighted by atomic mass is 10.3. The number of thiazole rings is 1. The Hall–Kier alpha value is -1.58. The van der Waals surface area contributed by atoms with Crippen LogP contribution >= 0.6 is 22.9 Å². The second-order valence-corrected chi connectivity index (χ2v) is 6.79. The van der Waals surface area contributed by atoms with E-state index in [-0.39, 0.29) is 6.67 Å². The van der Waals surface area contributed by atoms with Crippen molar-refractivity contribution in [3.63, 3.8) is 0 Å². The molecule has 0 N–H and O–H groups in total. The number of hydroxylamine groups is 2. The van der Waals surface area contributed by atoms with Crippen LogP contribution in [-0.4, -0.2) is 46.8 Å². The van der Waals surface area contributed by atoms with Gasteiger partial charge in [-0.2, -0.15) is 4.98 Å². The predicted molar refractivity (Wildman–Crippen MR) is 87.8 cm³/mol. The molecule has 0 aliphatic carbocycles. The third-order valence-electron chi connectivity index (χ3n) is 3.69. The average molecular weight is 355 g/mol. The van der Waals surface area contributed by atoms with Crippen molar-refractivity contribution in [1.82, 2.24) is 19.5 Å². The normalized spacial score (nSPS) is 24.7. The van der Waals surface area contributed by atoms with Crippen LogP contribution in [0.1, 0.15) is 17.3 Å². The molecule has 7 nitrogen and oxygen atoms in total. The van der Waals surface area contributed by atoms with E-state index in [1.807, 2.05) is 11.8 Å². The maximum atomic E-state index is 13.3. The first-order chi connectivity index (χ1) is 11.0. The first-order valence-corrected chi connectivity index (χ1v) is 8.26. The number of hydrogen-bond acceptors (Lipinski definition) is 7. The predicted octanol–water partition coefficient (Wildman–Crippen LogP) is 2.47. The Labute approximate surface area is 142 Å². The van der Waals surface area contributed by atoms with Gasteiger partial charge in [0, 0.05) is 18.9 Å². The zero-order valence-corrected chi connectivity index (χ0v) is 14.0. The van der Waals surface area contributed by atoms with Crippen LogP contribution in [0.2, 0.25) is 4.34 Å². The molecule has 2 aromatic rings. The van der Waals surface area contributed by atoms with E-state index in [1.54, 1.807) is 12.1 Å². The number of pyridine rings is 1. The first kappa shape index (κ1) is 16.3. The van der Waals surface area contributed by atoms with Gasteiger partial charge in [0.05, 0.1) is 18.3 Å². The minimum Gasteiger partial charge on any atom is -0.622 e. The Morgan fingerprint density at radius 2 is 2.30 bits per heavy atom. The minimum atomic E-state index is -0.877. The van der Waals surface area contributed by atoms with Crippen molar-refractivity contribution in [3.05, 3.63) is 45.8 Å². The molecule has 2 atom stereocenters. The van der Waals surface area contributed by atoms with Crippen molar-refractivity contribution >= 4 is 34.0 Å². The van der Waals surface area contributed by atoms with Gasteiger partial charge in [0.25, 0.3) is 11.4 Å². The molecule has 2 unspecified atom stereocenters. The molecule has 1 fully saturated rings. The van der Waals surface area contributed by atoms with Crippen LogP contribution in [0.25, 0.3) is 0 Å². The van der Waals surface area contributed by atoms with Crippen molar-refractivity contribution in [1.29, 1.82) is 0 Å². The number of esters is 1. The summed E-state index contributed by atoms with van der Waals surface area (Å²) in [5, 5.41) is 13.6. The molecule has 0 aromatic carbocycles. The zero-order valence-electron chi connectivity index (χ0n) is 12.4. The van der Waals surface area contributed by atoms with Crippen molar-refractivity contribution in [2.45, 2.75) is 13.2 Å². The molecule has 0 bridgehead atoms. The molecule has 23 heavy (non-hydrogen) atoms. The third-order valence-corrected chi connectivity index (χ3v) is 4.91. The fourth-order valence-corrected chi connectivity index (χ4v) is 3.41. The Morgan fingerprint density at radius 3 is 2.91 bits per heavy atom. The molecular weight excluding hydrogens is 340 g/mol. The number of rotatable bonds is 4. The summed E-state index contributed by atoms with van der Waals surface area (Å²) in [6.45, 7) is 3.17. The van der Waals surface area contributed by atoms with E-state index in [0.29, 0.717) is 28.1 Å². The van der Waals surface area contributed by atoms with Gasteiger partial charge >= 0.3 is 5.97 Å². The summed E-state index contributed by atoms with van der Waals surface area (Å²) in [5.74, 6) is -0.545. The molecule has 1 aliphatic rings. The van der Waals surface area contributed by atoms with Gasteiger partial charge in [-0.1, -0.05) is 18.5 Å². The summed E-state index contributed by atoms with van der Waals surface area (Å²) in [5.41, 5.74) is 0.360. The van der Waals surface area contributed by atoms with Crippen LogP contribution in [-0.2, 0) is 4.74 Å². The highest BCUT2D eigenvalue weighted by molar-refractivity contribution is 7.19. The molecule has 122 valence electrons. The van der Waals surface area contributed by atoms with Crippen LogP contribution in [0.3, 0.4) is 0 Å². The maximum Gasteiger partial charge on any atom is 0.342 e. The van der Waals surface area contributed by atoms with Crippen molar-refractivity contribution in [3.8, 4) is 0 Å². The molecule has 1 saturated heterocycles. The Bertz CT molecular complexity index is 698. The number of quaternary nitrogens is 1. The molecule has 2 aromatic heterocycles. The van der Waals surface area contributed by atoms with E-state index in [0.717, 1.165) is 11.3 Å². The third kappa shape index (κ3) is 3.22. The van der Waals surface area contributed by atoms with E-state index in [2.05, 4.69) is 9.97 Å². The van der Waals surface area contributed by atoms with Gasteiger partial charge in [0.1, 0.15) is 11.0 Å². The maximum absolute atomic E-state index is 13.3. The number of likely N-dealkylation sites (N-methyl/N-ethyl adjacent to an activating group) is 1. The highest BCUT2D eigenvalue weighted by Gasteiger charge is 2.45. The number of hydrogen-bond donors (Lipinski definition) is 0. The monoisotopic (exact) mass is 354 g/mol. The summed E-state index contributed by atoms with van der Waals surface area (Å²) in [4.78, 5) is 22.1. The molecule has 3 rings (SSSR count). The number of carbonyl (C=O) groups excluding carboxylic acids is 1. The van der Waals surface area contributed by atoms with Gasteiger partial charge in [-0.05, 0) is 23.5 Å². The second-order valence-electron chi connectivity index (χ2n) is 5.15. The standard InChI is InChI=1S/C14H15ClN4O3S/c1-2-18-8-12(22-13(20)10-3-5-16-6-4-10)19(21,9-18)14-17-7-11(15)23-14/h3-7,12H,2,8-9H2,1H3. The van der Waals surface area contributed by atoms with E-state index < -0.39 is 16.8 Å². The number of halogens is 1. The zero-order chi connectivity index (χ0) is 16.4. The number of carbonyl (C=O) groups is 1. The molecule has 0 spiro atoms. The number of ether oxygens (including phenoxy) is 1. The molecule has 9 heteroatoms. The van der Waals surface area contributed by atoms with E-state index in [4.69, 9.17) is 16.3 Å². The van der Waals surface area contributed by atoms with Crippen molar-refractivity contribution in [2.24, 2.45) is 0 Å². The van der Waals surface area contributed by atoms with Crippen LogP contribution in [0.15, 0.2) is 30.7 Å². The van der Waals surface area contributed by atoms with Crippen LogP contribution in [0, 0.1) is 5.21 Å². The van der Waals surface area contributed by atoms with E-state index in [1.165, 1.54) is 18.6 Å². The lowest BCUT2D eigenvalue weighted by Gasteiger charge is -2.38. The quantitative estimate of drug-likeness (QED) is 0.477. The van der Waals surface area contributed by atoms with Crippen molar-refractivity contribution in [2.75, 3.05) is 19.8 Å². The molecule has 0 radical (unpaired) electrons. The van der Waals surface area contributed by atoms with Gasteiger partial charge in [0.15, 0.2) is 0 Å². The number of nitrogens with zero attached hydrogens (tertiary/aromatic N) is 4. The average Bonchev–Trinajstić information content (AvgIpc) is 3.13. The van der Waals surface area contributed by atoms with Gasteiger partial charge in [0.2, 0.25) is 0 Å². The lowest BCUT2D eigenvalue weighted by molar-refractivity contribution is 0.00562. The summed E-state index contributed by atoms with van der Waals surface area (Å²) >= 11 is 7.01. The Balaban J connectivity index is 1.85. The minimum absolute atomic E-state index is 0.175. The smallest absolute Gasteiger partial charge is 0.342 e. The molecule has 1 aliphatic heterocycles. The topological polar surface area (TPSA) is 78.4 Å². The van der Waals surface area contributed by atoms with Gasteiger partial charge < -0.3 is 9.94 Å². The van der Waals surface area contributed by atoms with Crippen LogP contribution in [0.5, 0.6) is 0 Å². The largest absolute Gasteiger partial charge is 0.622 e. The van der Waals surface area contributed by atoms with E-state index >= 15 is 0 Å². The van der Waals surface area contributed by atoms with Crippen LogP contribution in [0.4, 0.5) is 5.13 Å².